The number of pyridine rings is 1. The topological polar surface area (TPSA) is 63.2 Å². The average molecular weight is 350 g/mol. The summed E-state index contributed by atoms with van der Waals surface area (Å²) in [5.74, 6) is 1.09. The largest absolute Gasteiger partial charge is 0.497 e. The summed E-state index contributed by atoms with van der Waals surface area (Å²) in [6.07, 6.45) is 1.65. The van der Waals surface area contributed by atoms with Crippen LogP contribution >= 0.6 is 15.9 Å². The van der Waals surface area contributed by atoms with Crippen LogP contribution in [0.2, 0.25) is 0 Å². The monoisotopic (exact) mass is 349 g/mol. The summed E-state index contributed by atoms with van der Waals surface area (Å²) in [6.45, 7) is 2.65. The predicted octanol–water partition coefficient (Wildman–Crippen LogP) is 3.54. The Morgan fingerprint density at radius 1 is 1.33 bits per heavy atom. The zero-order valence-electron chi connectivity index (χ0n) is 11.8. The van der Waals surface area contributed by atoms with Crippen molar-refractivity contribution in [3.8, 4) is 5.75 Å². The molecule has 6 heteroatoms. The molecule has 2 rings (SSSR count). The molecular weight excluding hydrogens is 334 g/mol. The molecule has 21 heavy (non-hydrogen) atoms. The van der Waals surface area contributed by atoms with E-state index in [1.807, 2.05) is 6.92 Å². The molecule has 1 amide bonds. The summed E-state index contributed by atoms with van der Waals surface area (Å²) >= 11 is 3.33. The number of hydrogen-bond acceptors (Lipinski definition) is 4. The van der Waals surface area contributed by atoms with E-state index in [2.05, 4.69) is 31.5 Å². The molecule has 0 spiro atoms. The normalized spacial score (nSPS) is 10.0. The molecule has 0 saturated carbocycles. The molecule has 0 aliphatic heterocycles. The van der Waals surface area contributed by atoms with Gasteiger partial charge in [-0.2, -0.15) is 0 Å². The first kappa shape index (κ1) is 15.3. The smallest absolute Gasteiger partial charge is 0.259 e. The minimum absolute atomic E-state index is 0.218. The van der Waals surface area contributed by atoms with Gasteiger partial charge in [0.2, 0.25) is 0 Å². The second-order valence-electron chi connectivity index (χ2n) is 4.26. The van der Waals surface area contributed by atoms with Gasteiger partial charge in [0.1, 0.15) is 11.6 Å². The van der Waals surface area contributed by atoms with E-state index in [4.69, 9.17) is 4.74 Å². The average Bonchev–Trinajstić information content (AvgIpc) is 2.50. The number of nitrogens with zero attached hydrogens (tertiary/aromatic N) is 1. The van der Waals surface area contributed by atoms with Crippen molar-refractivity contribution in [2.75, 3.05) is 24.3 Å². The Hall–Kier alpha value is -2.08. The second-order valence-corrected chi connectivity index (χ2v) is 5.18. The maximum absolute atomic E-state index is 12.4. The number of rotatable bonds is 5. The number of hydrogen-bond donors (Lipinski definition) is 2. The molecule has 0 aliphatic carbocycles. The summed E-state index contributed by atoms with van der Waals surface area (Å²) in [4.78, 5) is 16.6. The van der Waals surface area contributed by atoms with E-state index in [-0.39, 0.29) is 5.91 Å². The third-order valence-corrected chi connectivity index (χ3v) is 3.22. The van der Waals surface area contributed by atoms with E-state index < -0.39 is 0 Å². The molecule has 1 heterocycles. The number of anilines is 2. The number of halogens is 1. The van der Waals surface area contributed by atoms with Crippen molar-refractivity contribution in [1.29, 1.82) is 0 Å². The lowest BCUT2D eigenvalue weighted by Gasteiger charge is -2.11. The second kappa shape index (κ2) is 7.08. The first-order valence-electron chi connectivity index (χ1n) is 6.49. The Bertz CT molecular complexity index is 629. The number of amides is 1. The van der Waals surface area contributed by atoms with Crippen LogP contribution in [0, 0.1) is 0 Å². The van der Waals surface area contributed by atoms with Crippen molar-refractivity contribution < 1.29 is 9.53 Å². The molecule has 1 aromatic heterocycles. The predicted molar refractivity (Wildman–Crippen MR) is 87.0 cm³/mol. The van der Waals surface area contributed by atoms with E-state index >= 15 is 0 Å². The molecule has 2 aromatic rings. The van der Waals surface area contributed by atoms with Crippen LogP contribution in [0.15, 0.2) is 41.0 Å². The van der Waals surface area contributed by atoms with Gasteiger partial charge in [0.25, 0.3) is 5.91 Å². The molecule has 0 atom stereocenters. The summed E-state index contributed by atoms with van der Waals surface area (Å²) in [6, 6.07) is 8.90. The van der Waals surface area contributed by atoms with Crippen molar-refractivity contribution in [1.82, 2.24) is 4.98 Å². The molecular formula is C15H16BrN3O2. The van der Waals surface area contributed by atoms with Crippen LogP contribution in [-0.2, 0) is 0 Å². The van der Waals surface area contributed by atoms with Crippen LogP contribution < -0.4 is 15.4 Å². The number of methoxy groups -OCH3 is 1. The highest BCUT2D eigenvalue weighted by molar-refractivity contribution is 9.10. The van der Waals surface area contributed by atoms with Crippen molar-refractivity contribution in [3.05, 3.63) is 46.6 Å². The van der Waals surface area contributed by atoms with Crippen molar-refractivity contribution in [2.24, 2.45) is 0 Å². The summed E-state index contributed by atoms with van der Waals surface area (Å²) < 4.78 is 5.84. The molecule has 0 unspecified atom stereocenters. The first-order chi connectivity index (χ1) is 10.1. The highest BCUT2D eigenvalue weighted by Crippen LogP contribution is 2.21. The molecule has 0 bridgehead atoms. The van der Waals surface area contributed by atoms with E-state index in [0.29, 0.717) is 23.6 Å². The van der Waals surface area contributed by atoms with Gasteiger partial charge < -0.3 is 15.4 Å². The van der Waals surface area contributed by atoms with Gasteiger partial charge in [-0.05, 0) is 53.2 Å². The molecule has 0 radical (unpaired) electrons. The lowest BCUT2D eigenvalue weighted by Crippen LogP contribution is -2.15. The van der Waals surface area contributed by atoms with Crippen molar-refractivity contribution in [3.63, 3.8) is 0 Å². The van der Waals surface area contributed by atoms with Crippen molar-refractivity contribution >= 4 is 33.3 Å². The van der Waals surface area contributed by atoms with Crippen LogP contribution in [0.25, 0.3) is 0 Å². The molecule has 1 aromatic carbocycles. The van der Waals surface area contributed by atoms with Crippen LogP contribution in [0.5, 0.6) is 5.75 Å². The fraction of sp³-hybridized carbons (Fsp3) is 0.200. The van der Waals surface area contributed by atoms with Crippen LogP contribution in [0.3, 0.4) is 0 Å². The van der Waals surface area contributed by atoms with Gasteiger partial charge >= 0.3 is 0 Å². The third-order valence-electron chi connectivity index (χ3n) is 2.79. The Morgan fingerprint density at radius 2 is 2.05 bits per heavy atom. The van der Waals surface area contributed by atoms with Crippen LogP contribution in [0.4, 0.5) is 11.5 Å². The number of carbonyl (C=O) groups excluding carboxylic acids is 1. The maximum atomic E-state index is 12.4. The number of aromatic nitrogens is 1. The van der Waals surface area contributed by atoms with Crippen molar-refractivity contribution in [2.45, 2.75) is 6.92 Å². The summed E-state index contributed by atoms with van der Waals surface area (Å²) in [7, 11) is 1.60. The Kier molecular flexibility index (Phi) is 5.16. The first-order valence-corrected chi connectivity index (χ1v) is 7.28. The van der Waals surface area contributed by atoms with Gasteiger partial charge in [0, 0.05) is 22.9 Å². The molecule has 0 aliphatic rings. The van der Waals surface area contributed by atoms with Crippen LogP contribution in [0.1, 0.15) is 17.3 Å². The summed E-state index contributed by atoms with van der Waals surface area (Å²) in [5, 5.41) is 5.92. The molecule has 0 saturated heterocycles. The maximum Gasteiger partial charge on any atom is 0.259 e. The molecule has 0 fully saturated rings. The fourth-order valence-electron chi connectivity index (χ4n) is 1.79. The van der Waals surface area contributed by atoms with E-state index in [1.54, 1.807) is 43.6 Å². The molecule has 110 valence electrons. The highest BCUT2D eigenvalue weighted by Gasteiger charge is 2.13. The standard InChI is InChI=1S/C15H16BrN3O2/c1-3-17-14-13(8-10(16)9-18-14)15(20)19-11-4-6-12(21-2)7-5-11/h4-9H,3H2,1-2H3,(H,17,18)(H,19,20). The molecule has 5 nitrogen and oxygen atoms in total. The van der Waals surface area contributed by atoms with Gasteiger partial charge in [-0.1, -0.05) is 0 Å². The fourth-order valence-corrected chi connectivity index (χ4v) is 2.12. The Labute approximate surface area is 131 Å². The zero-order valence-corrected chi connectivity index (χ0v) is 13.4. The third kappa shape index (κ3) is 3.95. The van der Waals surface area contributed by atoms with Gasteiger partial charge in [-0.25, -0.2) is 4.98 Å². The zero-order chi connectivity index (χ0) is 15.2. The number of benzene rings is 1. The van der Waals surface area contributed by atoms with E-state index in [9.17, 15) is 4.79 Å². The molecule has 2 N–H and O–H groups in total. The lowest BCUT2D eigenvalue weighted by atomic mass is 10.2. The SMILES string of the molecule is CCNc1ncc(Br)cc1C(=O)Nc1ccc(OC)cc1. The Balaban J connectivity index is 2.20. The minimum Gasteiger partial charge on any atom is -0.497 e. The number of nitrogens with one attached hydrogen (secondary N) is 2. The summed E-state index contributed by atoms with van der Waals surface area (Å²) in [5.41, 5.74) is 1.19. The van der Waals surface area contributed by atoms with E-state index in [1.165, 1.54) is 0 Å². The van der Waals surface area contributed by atoms with Gasteiger partial charge in [0.15, 0.2) is 0 Å². The van der Waals surface area contributed by atoms with Crippen LogP contribution in [-0.4, -0.2) is 24.5 Å². The van der Waals surface area contributed by atoms with E-state index in [0.717, 1.165) is 10.2 Å². The number of ether oxygens (including phenoxy) is 1. The Morgan fingerprint density at radius 3 is 2.67 bits per heavy atom. The lowest BCUT2D eigenvalue weighted by molar-refractivity contribution is 0.102. The quantitative estimate of drug-likeness (QED) is 0.866. The van der Waals surface area contributed by atoms with Gasteiger partial charge in [-0.15, -0.1) is 0 Å². The highest BCUT2D eigenvalue weighted by atomic mass is 79.9. The minimum atomic E-state index is -0.218. The van der Waals surface area contributed by atoms with Gasteiger partial charge in [-0.3, -0.25) is 4.79 Å². The van der Waals surface area contributed by atoms with Gasteiger partial charge in [0.05, 0.1) is 12.7 Å². The number of carbonyl (C=O) groups is 1.